The van der Waals surface area contributed by atoms with Gasteiger partial charge in [-0.15, -0.1) is 0 Å². The third-order valence-corrected chi connectivity index (χ3v) is 4.37. The minimum atomic E-state index is -1.57. The molecule has 1 saturated carbocycles. The molecule has 114 valence electrons. The van der Waals surface area contributed by atoms with Gasteiger partial charge in [-0.1, -0.05) is 19.3 Å². The fourth-order valence-electron chi connectivity index (χ4n) is 3.20. The zero-order valence-electron chi connectivity index (χ0n) is 12.5. The molecule has 1 N–H and O–H groups in total. The predicted octanol–water partition coefficient (Wildman–Crippen LogP) is 2.91. The lowest BCUT2D eigenvalue weighted by molar-refractivity contribution is 0.206. The Labute approximate surface area is 124 Å². The van der Waals surface area contributed by atoms with E-state index in [0.717, 1.165) is 25.7 Å². The van der Waals surface area contributed by atoms with E-state index < -0.39 is 5.67 Å². The molecular formula is C15H21FN4O. The van der Waals surface area contributed by atoms with Gasteiger partial charge in [0.05, 0.1) is 30.2 Å². The number of rotatable bonds is 2. The zero-order chi connectivity index (χ0) is 15.1. The van der Waals surface area contributed by atoms with E-state index in [1.807, 2.05) is 0 Å². The highest BCUT2D eigenvalue weighted by atomic mass is 19.1. The molecule has 0 radical (unpaired) electrons. The van der Waals surface area contributed by atoms with Crippen LogP contribution in [0.3, 0.4) is 0 Å². The molecule has 1 aromatic heterocycles. The number of halogens is 1. The first-order chi connectivity index (χ1) is 9.90. The number of anilines is 1. The average molecular weight is 292 g/mol. The fourth-order valence-corrected chi connectivity index (χ4v) is 3.20. The Balaban J connectivity index is 1.79. The Morgan fingerprint density at radius 1 is 1.24 bits per heavy atom. The van der Waals surface area contributed by atoms with Gasteiger partial charge in [0.2, 0.25) is 0 Å². The van der Waals surface area contributed by atoms with Crippen LogP contribution >= 0.6 is 0 Å². The van der Waals surface area contributed by atoms with Crippen molar-refractivity contribution in [3.63, 3.8) is 0 Å². The highest BCUT2D eigenvalue weighted by Gasteiger charge is 2.43. The van der Waals surface area contributed by atoms with Crippen molar-refractivity contribution in [1.29, 1.82) is 0 Å². The van der Waals surface area contributed by atoms with Crippen LogP contribution in [0.25, 0.3) is 0 Å². The Morgan fingerprint density at radius 3 is 2.43 bits per heavy atom. The van der Waals surface area contributed by atoms with Gasteiger partial charge < -0.3 is 5.32 Å². The number of urea groups is 1. The SMILES string of the molecule is CC(C)(F)c1ncc(N2CC3(CCCCC3)NC2=O)cn1. The summed E-state index contributed by atoms with van der Waals surface area (Å²) in [5.74, 6) is 0.137. The molecule has 1 spiro atoms. The quantitative estimate of drug-likeness (QED) is 0.911. The lowest BCUT2D eigenvalue weighted by Gasteiger charge is -2.32. The summed E-state index contributed by atoms with van der Waals surface area (Å²) < 4.78 is 13.8. The first-order valence-electron chi connectivity index (χ1n) is 7.51. The molecule has 0 aromatic carbocycles. The van der Waals surface area contributed by atoms with Gasteiger partial charge in [-0.25, -0.2) is 19.2 Å². The first-order valence-corrected chi connectivity index (χ1v) is 7.51. The molecular weight excluding hydrogens is 271 g/mol. The molecule has 21 heavy (non-hydrogen) atoms. The third-order valence-electron chi connectivity index (χ3n) is 4.37. The van der Waals surface area contributed by atoms with Crippen molar-refractivity contribution in [1.82, 2.24) is 15.3 Å². The van der Waals surface area contributed by atoms with Gasteiger partial charge in [0, 0.05) is 0 Å². The number of alkyl halides is 1. The minimum absolute atomic E-state index is 0.104. The molecule has 2 fully saturated rings. The second-order valence-corrected chi connectivity index (χ2v) is 6.59. The maximum atomic E-state index is 13.8. The molecule has 1 saturated heterocycles. The number of nitrogens with zero attached hydrogens (tertiary/aromatic N) is 3. The summed E-state index contributed by atoms with van der Waals surface area (Å²) in [6.07, 6.45) is 8.65. The Hall–Kier alpha value is -1.72. The van der Waals surface area contributed by atoms with Crippen LogP contribution in [0.1, 0.15) is 51.8 Å². The summed E-state index contributed by atoms with van der Waals surface area (Å²) in [7, 11) is 0. The fraction of sp³-hybridized carbons (Fsp3) is 0.667. The molecule has 2 heterocycles. The lowest BCUT2D eigenvalue weighted by Crippen LogP contribution is -2.44. The smallest absolute Gasteiger partial charge is 0.322 e. The summed E-state index contributed by atoms with van der Waals surface area (Å²) in [5.41, 5.74) is -1.05. The molecule has 2 amide bonds. The van der Waals surface area contributed by atoms with E-state index in [9.17, 15) is 9.18 Å². The van der Waals surface area contributed by atoms with E-state index in [1.54, 1.807) is 4.90 Å². The highest BCUT2D eigenvalue weighted by molar-refractivity contribution is 5.95. The van der Waals surface area contributed by atoms with Crippen molar-refractivity contribution in [3.05, 3.63) is 18.2 Å². The van der Waals surface area contributed by atoms with Gasteiger partial charge in [0.15, 0.2) is 11.5 Å². The van der Waals surface area contributed by atoms with E-state index in [-0.39, 0.29) is 17.4 Å². The van der Waals surface area contributed by atoms with Crippen LogP contribution in [0.4, 0.5) is 14.9 Å². The van der Waals surface area contributed by atoms with Crippen LogP contribution in [0, 0.1) is 0 Å². The highest BCUT2D eigenvalue weighted by Crippen LogP contribution is 2.34. The van der Waals surface area contributed by atoms with Crippen molar-refractivity contribution in [3.8, 4) is 0 Å². The van der Waals surface area contributed by atoms with Crippen molar-refractivity contribution in [2.75, 3.05) is 11.4 Å². The molecule has 3 rings (SSSR count). The molecule has 5 nitrogen and oxygen atoms in total. The number of aromatic nitrogens is 2. The molecule has 1 aromatic rings. The second kappa shape index (κ2) is 4.93. The van der Waals surface area contributed by atoms with Gasteiger partial charge in [-0.2, -0.15) is 0 Å². The molecule has 0 unspecified atom stereocenters. The number of carbonyl (C=O) groups is 1. The second-order valence-electron chi connectivity index (χ2n) is 6.59. The van der Waals surface area contributed by atoms with E-state index in [2.05, 4.69) is 15.3 Å². The Bertz CT molecular complexity index is 532. The number of amides is 2. The monoisotopic (exact) mass is 292 g/mol. The van der Waals surface area contributed by atoms with Gasteiger partial charge >= 0.3 is 6.03 Å². The van der Waals surface area contributed by atoms with E-state index in [0.29, 0.717) is 12.2 Å². The van der Waals surface area contributed by atoms with Gasteiger partial charge in [-0.05, 0) is 26.7 Å². The standard InChI is InChI=1S/C15H21FN4O/c1-14(2,16)12-17-8-11(9-18-12)20-10-15(19-13(20)21)6-4-3-5-7-15/h8-9H,3-7,10H2,1-2H3,(H,19,21). The summed E-state index contributed by atoms with van der Waals surface area (Å²) in [6, 6.07) is -0.104. The largest absolute Gasteiger partial charge is 0.330 e. The van der Waals surface area contributed by atoms with Crippen LogP contribution < -0.4 is 10.2 Å². The topological polar surface area (TPSA) is 58.1 Å². The molecule has 6 heteroatoms. The average Bonchev–Trinajstić information content (AvgIpc) is 2.75. The Morgan fingerprint density at radius 2 is 1.86 bits per heavy atom. The number of carbonyl (C=O) groups excluding carboxylic acids is 1. The predicted molar refractivity (Wildman–Crippen MR) is 77.9 cm³/mol. The number of hydrogen-bond acceptors (Lipinski definition) is 3. The van der Waals surface area contributed by atoms with Crippen molar-refractivity contribution in [2.45, 2.75) is 57.2 Å². The first kappa shape index (κ1) is 14.2. The van der Waals surface area contributed by atoms with Crippen LogP contribution in [0.15, 0.2) is 12.4 Å². The normalized spacial score (nSPS) is 21.7. The molecule has 1 aliphatic heterocycles. The van der Waals surface area contributed by atoms with E-state index in [1.165, 1.54) is 32.7 Å². The van der Waals surface area contributed by atoms with Crippen LogP contribution in [-0.4, -0.2) is 28.1 Å². The number of nitrogens with one attached hydrogen (secondary N) is 1. The molecule has 0 bridgehead atoms. The number of hydrogen-bond donors (Lipinski definition) is 1. The van der Waals surface area contributed by atoms with Gasteiger partial charge in [0.25, 0.3) is 0 Å². The van der Waals surface area contributed by atoms with Crippen LogP contribution in [0.5, 0.6) is 0 Å². The van der Waals surface area contributed by atoms with Crippen molar-refractivity contribution < 1.29 is 9.18 Å². The van der Waals surface area contributed by atoms with E-state index in [4.69, 9.17) is 0 Å². The molecule has 0 atom stereocenters. The van der Waals surface area contributed by atoms with Crippen LogP contribution in [-0.2, 0) is 5.67 Å². The summed E-state index contributed by atoms with van der Waals surface area (Å²) in [6.45, 7) is 3.48. The van der Waals surface area contributed by atoms with Crippen LogP contribution in [0.2, 0.25) is 0 Å². The zero-order valence-corrected chi connectivity index (χ0v) is 12.5. The van der Waals surface area contributed by atoms with E-state index >= 15 is 0 Å². The van der Waals surface area contributed by atoms with Crippen molar-refractivity contribution >= 4 is 11.7 Å². The molecule has 1 aliphatic carbocycles. The molecule has 2 aliphatic rings. The van der Waals surface area contributed by atoms with Gasteiger partial charge in [-0.3, -0.25) is 4.90 Å². The lowest BCUT2D eigenvalue weighted by atomic mass is 9.82. The Kier molecular flexibility index (Phi) is 3.34. The maximum absolute atomic E-state index is 13.8. The third kappa shape index (κ3) is 2.71. The van der Waals surface area contributed by atoms with Crippen molar-refractivity contribution in [2.24, 2.45) is 0 Å². The summed E-state index contributed by atoms with van der Waals surface area (Å²) in [4.78, 5) is 22.0. The minimum Gasteiger partial charge on any atom is -0.330 e. The maximum Gasteiger partial charge on any atom is 0.322 e. The summed E-state index contributed by atoms with van der Waals surface area (Å²) in [5, 5.41) is 3.12. The van der Waals surface area contributed by atoms with Gasteiger partial charge in [0.1, 0.15) is 0 Å². The summed E-state index contributed by atoms with van der Waals surface area (Å²) >= 11 is 0.